The van der Waals surface area contributed by atoms with Crippen LogP contribution in [0.25, 0.3) is 0 Å². The first-order valence-corrected chi connectivity index (χ1v) is 10.6. The molecule has 2 aliphatic rings. The lowest BCUT2D eigenvalue weighted by Crippen LogP contribution is -2.37. The molecule has 2 heterocycles. The molecule has 5 heteroatoms. The zero-order valence-corrected chi connectivity index (χ0v) is 17.0. The number of rotatable bonds is 4. The topological polar surface area (TPSA) is 43.8 Å². The van der Waals surface area contributed by atoms with Crippen molar-refractivity contribution in [1.82, 2.24) is 4.90 Å². The van der Waals surface area contributed by atoms with E-state index in [-0.39, 0.29) is 11.7 Å². The van der Waals surface area contributed by atoms with Gasteiger partial charge in [-0.2, -0.15) is 0 Å². The number of anilines is 1. The Morgan fingerprint density at radius 3 is 2.72 bits per heavy atom. The van der Waals surface area contributed by atoms with Crippen molar-refractivity contribution in [1.29, 1.82) is 0 Å². The first-order valence-electron chi connectivity index (χ1n) is 10.6. The molecule has 4 nitrogen and oxygen atoms in total. The van der Waals surface area contributed by atoms with Crippen LogP contribution in [0.2, 0.25) is 0 Å². The SMILES string of the molecule is C[C@@H]1CCCN(C[C@H](O)c2ccc3c(c2)CCCN3C(=O)c2ccc(F)cc2)C1. The number of benzene rings is 2. The quantitative estimate of drug-likeness (QED) is 0.843. The Kier molecular flexibility index (Phi) is 5.97. The Bertz CT molecular complexity index is 868. The zero-order chi connectivity index (χ0) is 20.4. The second kappa shape index (κ2) is 8.64. The van der Waals surface area contributed by atoms with Gasteiger partial charge >= 0.3 is 0 Å². The van der Waals surface area contributed by atoms with Crippen LogP contribution >= 0.6 is 0 Å². The van der Waals surface area contributed by atoms with E-state index in [9.17, 15) is 14.3 Å². The van der Waals surface area contributed by atoms with E-state index in [1.807, 2.05) is 12.1 Å². The minimum Gasteiger partial charge on any atom is -0.387 e. The highest BCUT2D eigenvalue weighted by Crippen LogP contribution is 2.31. The maximum Gasteiger partial charge on any atom is 0.258 e. The van der Waals surface area contributed by atoms with Gasteiger partial charge in [0, 0.05) is 30.9 Å². The Hall–Kier alpha value is -2.24. The van der Waals surface area contributed by atoms with Gasteiger partial charge in [-0.3, -0.25) is 4.79 Å². The summed E-state index contributed by atoms with van der Waals surface area (Å²) in [5.41, 5.74) is 3.39. The predicted octanol–water partition coefficient (Wildman–Crippen LogP) is 4.18. The molecule has 1 amide bonds. The Morgan fingerprint density at radius 2 is 1.97 bits per heavy atom. The molecule has 0 radical (unpaired) electrons. The van der Waals surface area contributed by atoms with Crippen LogP contribution in [0.4, 0.5) is 10.1 Å². The van der Waals surface area contributed by atoms with Crippen molar-refractivity contribution in [2.75, 3.05) is 31.1 Å². The van der Waals surface area contributed by atoms with Crippen molar-refractivity contribution >= 4 is 11.6 Å². The van der Waals surface area contributed by atoms with Crippen molar-refractivity contribution in [2.24, 2.45) is 5.92 Å². The molecule has 0 bridgehead atoms. The van der Waals surface area contributed by atoms with Gasteiger partial charge in [0.15, 0.2) is 0 Å². The molecule has 0 aromatic heterocycles. The number of amides is 1. The molecular formula is C24H29FN2O2. The van der Waals surface area contributed by atoms with E-state index in [2.05, 4.69) is 17.9 Å². The summed E-state index contributed by atoms with van der Waals surface area (Å²) in [6, 6.07) is 11.6. The Morgan fingerprint density at radius 1 is 1.17 bits per heavy atom. The largest absolute Gasteiger partial charge is 0.387 e. The molecule has 0 saturated carbocycles. The fraction of sp³-hybridized carbons (Fsp3) is 0.458. The number of hydrogen-bond donors (Lipinski definition) is 1. The van der Waals surface area contributed by atoms with Crippen LogP contribution in [0, 0.1) is 11.7 Å². The van der Waals surface area contributed by atoms with E-state index in [1.54, 1.807) is 4.90 Å². The predicted molar refractivity (Wildman–Crippen MR) is 113 cm³/mol. The van der Waals surface area contributed by atoms with Gasteiger partial charge in [-0.15, -0.1) is 0 Å². The zero-order valence-electron chi connectivity index (χ0n) is 17.0. The van der Waals surface area contributed by atoms with E-state index in [0.29, 0.717) is 24.6 Å². The highest BCUT2D eigenvalue weighted by molar-refractivity contribution is 6.06. The number of aliphatic hydroxyl groups is 1. The second-order valence-electron chi connectivity index (χ2n) is 8.48. The van der Waals surface area contributed by atoms with Gasteiger partial charge in [-0.05, 0) is 79.6 Å². The van der Waals surface area contributed by atoms with Crippen LogP contribution in [0.3, 0.4) is 0 Å². The molecule has 1 saturated heterocycles. The smallest absolute Gasteiger partial charge is 0.258 e. The molecule has 2 atom stereocenters. The van der Waals surface area contributed by atoms with Crippen molar-refractivity contribution in [3.05, 3.63) is 65.0 Å². The van der Waals surface area contributed by atoms with Crippen LogP contribution in [0.5, 0.6) is 0 Å². The number of carbonyl (C=O) groups excluding carboxylic acids is 1. The first kappa shape index (κ1) is 20.0. The molecule has 2 aromatic rings. The Balaban J connectivity index is 1.50. The minimum atomic E-state index is -0.520. The van der Waals surface area contributed by atoms with Crippen molar-refractivity contribution in [3.63, 3.8) is 0 Å². The normalized spacial score (nSPS) is 20.9. The number of likely N-dealkylation sites (tertiary alicyclic amines) is 1. The van der Waals surface area contributed by atoms with E-state index >= 15 is 0 Å². The average Bonchev–Trinajstić information content (AvgIpc) is 2.73. The van der Waals surface area contributed by atoms with Gasteiger partial charge < -0.3 is 14.9 Å². The first-order chi connectivity index (χ1) is 14.0. The summed E-state index contributed by atoms with van der Waals surface area (Å²) >= 11 is 0. The number of fused-ring (bicyclic) bond motifs is 1. The van der Waals surface area contributed by atoms with Crippen LogP contribution < -0.4 is 4.90 Å². The molecule has 154 valence electrons. The monoisotopic (exact) mass is 396 g/mol. The van der Waals surface area contributed by atoms with Crippen molar-refractivity contribution in [2.45, 2.75) is 38.7 Å². The number of halogens is 1. The van der Waals surface area contributed by atoms with Gasteiger partial charge in [-0.1, -0.05) is 19.1 Å². The van der Waals surface area contributed by atoms with E-state index in [0.717, 1.165) is 42.7 Å². The fourth-order valence-corrected chi connectivity index (χ4v) is 4.59. The van der Waals surface area contributed by atoms with E-state index in [1.165, 1.54) is 37.1 Å². The third kappa shape index (κ3) is 4.51. The summed E-state index contributed by atoms with van der Waals surface area (Å²) in [4.78, 5) is 17.1. The number of aliphatic hydroxyl groups excluding tert-OH is 1. The number of nitrogens with zero attached hydrogens (tertiary/aromatic N) is 2. The van der Waals surface area contributed by atoms with Gasteiger partial charge in [0.2, 0.25) is 0 Å². The van der Waals surface area contributed by atoms with Crippen molar-refractivity contribution < 1.29 is 14.3 Å². The summed E-state index contributed by atoms with van der Waals surface area (Å²) < 4.78 is 13.2. The number of piperidine rings is 1. The lowest BCUT2D eigenvalue weighted by molar-refractivity contribution is 0.0875. The van der Waals surface area contributed by atoms with Gasteiger partial charge in [-0.25, -0.2) is 4.39 Å². The number of hydrogen-bond acceptors (Lipinski definition) is 3. The number of β-amino-alcohol motifs (C(OH)–C–C–N with tert-alkyl or cyclic N) is 1. The van der Waals surface area contributed by atoms with Crippen LogP contribution in [0.1, 0.15) is 53.8 Å². The molecule has 1 N–H and O–H groups in total. The maximum absolute atomic E-state index is 13.2. The highest BCUT2D eigenvalue weighted by Gasteiger charge is 2.25. The fourth-order valence-electron chi connectivity index (χ4n) is 4.59. The van der Waals surface area contributed by atoms with Crippen LogP contribution in [-0.2, 0) is 6.42 Å². The lowest BCUT2D eigenvalue weighted by atomic mass is 9.95. The number of carbonyl (C=O) groups is 1. The molecule has 2 aromatic carbocycles. The molecule has 0 unspecified atom stereocenters. The van der Waals surface area contributed by atoms with Crippen LogP contribution in [-0.4, -0.2) is 42.1 Å². The second-order valence-corrected chi connectivity index (χ2v) is 8.48. The standard InChI is InChI=1S/C24H29FN2O2/c1-17-4-2-12-26(15-17)16-23(28)20-8-11-22-19(14-20)5-3-13-27(22)24(29)18-6-9-21(25)10-7-18/h6-11,14,17,23,28H,2-5,12-13,15-16H2,1H3/t17-,23+/m1/s1. The maximum atomic E-state index is 13.2. The van der Waals surface area contributed by atoms with E-state index in [4.69, 9.17) is 0 Å². The summed E-state index contributed by atoms with van der Waals surface area (Å²) in [6.45, 7) is 5.66. The number of aryl methyl sites for hydroxylation is 1. The molecule has 0 aliphatic carbocycles. The van der Waals surface area contributed by atoms with Gasteiger partial charge in [0.1, 0.15) is 5.82 Å². The van der Waals surface area contributed by atoms with Gasteiger partial charge in [0.05, 0.1) is 6.10 Å². The lowest BCUT2D eigenvalue weighted by Gasteiger charge is -2.33. The highest BCUT2D eigenvalue weighted by atomic mass is 19.1. The summed E-state index contributed by atoms with van der Waals surface area (Å²) in [6.07, 6.45) is 3.71. The Labute approximate surface area is 171 Å². The van der Waals surface area contributed by atoms with E-state index < -0.39 is 6.10 Å². The molecule has 2 aliphatic heterocycles. The summed E-state index contributed by atoms with van der Waals surface area (Å²) in [7, 11) is 0. The summed E-state index contributed by atoms with van der Waals surface area (Å²) in [5.74, 6) is 0.231. The molecule has 1 fully saturated rings. The van der Waals surface area contributed by atoms with Gasteiger partial charge in [0.25, 0.3) is 5.91 Å². The molecule has 0 spiro atoms. The minimum absolute atomic E-state index is 0.110. The molecule has 4 rings (SSSR count). The van der Waals surface area contributed by atoms with Crippen LogP contribution in [0.15, 0.2) is 42.5 Å². The third-order valence-corrected chi connectivity index (χ3v) is 6.12. The molecule has 29 heavy (non-hydrogen) atoms. The molecular weight excluding hydrogens is 367 g/mol. The average molecular weight is 397 g/mol. The summed E-state index contributed by atoms with van der Waals surface area (Å²) in [5, 5.41) is 10.8. The van der Waals surface area contributed by atoms with Crippen molar-refractivity contribution in [3.8, 4) is 0 Å². The third-order valence-electron chi connectivity index (χ3n) is 6.12.